The Labute approximate surface area is 215 Å². The standard InChI is InChI=1S/C23H33N7O6S/c1-13-6-14(2)19(15(3)7-13)37(34,35)30-18(21(32)33)11-26-20(31)17-9-23(36-29-17)8-16(28-12-23)10-27-22-24-4-5-25-22/h6-7,16,18,28,30H,4-5,8-12H2,1-3H3,(H,26,31)(H,32,33)(H2,24,25,27)/t16?,18-,23?/m0/s1. The summed E-state index contributed by atoms with van der Waals surface area (Å²) >= 11 is 0. The minimum atomic E-state index is -4.15. The average Bonchev–Trinajstić information content (AvgIpc) is 3.56. The van der Waals surface area contributed by atoms with Crippen molar-refractivity contribution in [2.75, 3.05) is 32.7 Å². The zero-order valence-corrected chi connectivity index (χ0v) is 21.9. The lowest BCUT2D eigenvalue weighted by molar-refractivity contribution is -0.138. The van der Waals surface area contributed by atoms with Crippen LogP contribution in [0.2, 0.25) is 0 Å². The van der Waals surface area contributed by atoms with Crippen LogP contribution >= 0.6 is 0 Å². The van der Waals surface area contributed by atoms with Gasteiger partial charge in [-0.2, -0.15) is 4.72 Å². The number of carboxylic acids is 1. The molecule has 1 spiro atoms. The number of nitrogens with one attached hydrogen (secondary N) is 5. The van der Waals surface area contributed by atoms with Gasteiger partial charge >= 0.3 is 5.97 Å². The monoisotopic (exact) mass is 535 g/mol. The van der Waals surface area contributed by atoms with Crippen molar-refractivity contribution in [2.24, 2.45) is 10.1 Å². The number of sulfonamides is 1. The van der Waals surface area contributed by atoms with Gasteiger partial charge in [-0.05, 0) is 31.9 Å². The lowest BCUT2D eigenvalue weighted by atomic mass is 9.94. The van der Waals surface area contributed by atoms with Gasteiger partial charge in [0.15, 0.2) is 11.6 Å². The molecule has 0 aromatic heterocycles. The van der Waals surface area contributed by atoms with Gasteiger partial charge in [0.1, 0.15) is 11.8 Å². The summed E-state index contributed by atoms with van der Waals surface area (Å²) in [6.45, 7) is 7.40. The van der Waals surface area contributed by atoms with Crippen molar-refractivity contribution in [2.45, 2.75) is 56.2 Å². The maximum absolute atomic E-state index is 13.0. The highest BCUT2D eigenvalue weighted by molar-refractivity contribution is 7.89. The number of aliphatic carboxylic acids is 1. The molecule has 1 amide bonds. The summed E-state index contributed by atoms with van der Waals surface area (Å²) < 4.78 is 28.2. The van der Waals surface area contributed by atoms with Gasteiger partial charge in [0.25, 0.3) is 5.91 Å². The number of carboxylic acid groups (broad SMARTS) is 1. The number of aryl methyl sites for hydroxylation is 3. The molecule has 1 aromatic carbocycles. The fourth-order valence-corrected chi connectivity index (χ4v) is 6.61. The average molecular weight is 536 g/mol. The normalized spacial score (nSPS) is 23.7. The second kappa shape index (κ2) is 10.6. The predicted octanol–water partition coefficient (Wildman–Crippen LogP) is -1.11. The Balaban J connectivity index is 1.31. The number of amides is 1. The second-order valence-electron chi connectivity index (χ2n) is 9.76. The largest absolute Gasteiger partial charge is 0.480 e. The topological polar surface area (TPSA) is 183 Å². The SMILES string of the molecule is Cc1cc(C)c(S(=O)(=O)N[C@@H](CNC(=O)C2=NOC3(CNC(CNC4=NCCN4)C3)C2)C(=O)O)c(C)c1. The molecule has 0 bridgehead atoms. The number of oxime groups is 1. The number of carbonyl (C=O) groups is 2. The van der Waals surface area contributed by atoms with Crippen LogP contribution in [0.1, 0.15) is 29.5 Å². The number of hydrogen-bond donors (Lipinski definition) is 6. The zero-order valence-electron chi connectivity index (χ0n) is 21.1. The molecule has 3 aliphatic heterocycles. The Hall–Kier alpha value is -3.23. The first kappa shape index (κ1) is 26.8. The summed E-state index contributed by atoms with van der Waals surface area (Å²) in [6, 6.07) is 1.96. The molecule has 2 unspecified atom stereocenters. The van der Waals surface area contributed by atoms with Crippen LogP contribution in [0.4, 0.5) is 0 Å². The quantitative estimate of drug-likeness (QED) is 0.228. The van der Waals surface area contributed by atoms with E-state index in [1.54, 1.807) is 26.0 Å². The van der Waals surface area contributed by atoms with E-state index in [1.165, 1.54) is 0 Å². The van der Waals surface area contributed by atoms with E-state index in [0.29, 0.717) is 30.6 Å². The fraction of sp³-hybridized carbons (Fsp3) is 0.565. The van der Waals surface area contributed by atoms with Crippen molar-refractivity contribution in [1.82, 2.24) is 26.0 Å². The molecule has 1 fully saturated rings. The zero-order chi connectivity index (χ0) is 26.8. The molecule has 1 saturated heterocycles. The fourth-order valence-electron chi connectivity index (χ4n) is 4.96. The van der Waals surface area contributed by atoms with E-state index in [0.717, 1.165) is 24.6 Å². The molecule has 1 aromatic rings. The van der Waals surface area contributed by atoms with Crippen LogP contribution in [-0.2, 0) is 24.4 Å². The maximum Gasteiger partial charge on any atom is 0.323 e. The third-order valence-corrected chi connectivity index (χ3v) is 8.33. The van der Waals surface area contributed by atoms with Crippen molar-refractivity contribution in [3.05, 3.63) is 28.8 Å². The number of guanidine groups is 1. The predicted molar refractivity (Wildman–Crippen MR) is 136 cm³/mol. The summed E-state index contributed by atoms with van der Waals surface area (Å²) in [7, 11) is -4.15. The first-order valence-electron chi connectivity index (χ1n) is 12.1. The molecule has 14 heteroatoms. The molecule has 3 atom stereocenters. The van der Waals surface area contributed by atoms with E-state index in [4.69, 9.17) is 4.84 Å². The number of nitrogens with zero attached hydrogens (tertiary/aromatic N) is 2. The summed E-state index contributed by atoms with van der Waals surface area (Å²) in [5, 5.41) is 25.8. The van der Waals surface area contributed by atoms with Crippen molar-refractivity contribution < 1.29 is 28.0 Å². The van der Waals surface area contributed by atoms with E-state index >= 15 is 0 Å². The first-order chi connectivity index (χ1) is 17.5. The summed E-state index contributed by atoms with van der Waals surface area (Å²) in [5.41, 5.74) is 1.39. The van der Waals surface area contributed by atoms with Gasteiger partial charge in [0.05, 0.1) is 11.4 Å². The molecule has 4 rings (SSSR count). The van der Waals surface area contributed by atoms with Gasteiger partial charge in [0, 0.05) is 45.1 Å². The van der Waals surface area contributed by atoms with Crippen LogP contribution < -0.4 is 26.0 Å². The second-order valence-corrected chi connectivity index (χ2v) is 11.4. The van der Waals surface area contributed by atoms with Crippen LogP contribution in [-0.4, -0.2) is 87.5 Å². The number of hydrogen-bond acceptors (Lipinski definition) is 10. The lowest BCUT2D eigenvalue weighted by Crippen LogP contribution is -2.49. The Kier molecular flexibility index (Phi) is 7.71. The van der Waals surface area contributed by atoms with Crippen LogP contribution in [0.5, 0.6) is 0 Å². The molecule has 3 aliphatic rings. The molecule has 13 nitrogen and oxygen atoms in total. The van der Waals surface area contributed by atoms with Crippen LogP contribution in [0, 0.1) is 20.8 Å². The van der Waals surface area contributed by atoms with Crippen molar-refractivity contribution >= 4 is 33.6 Å². The Morgan fingerprint density at radius 3 is 2.65 bits per heavy atom. The number of carbonyl (C=O) groups excluding carboxylic acids is 1. The molecule has 202 valence electrons. The maximum atomic E-state index is 13.0. The Morgan fingerprint density at radius 1 is 1.27 bits per heavy atom. The number of benzene rings is 1. The van der Waals surface area contributed by atoms with Gasteiger partial charge in [0.2, 0.25) is 10.0 Å². The van der Waals surface area contributed by atoms with Crippen molar-refractivity contribution in [1.29, 1.82) is 0 Å². The van der Waals surface area contributed by atoms with Gasteiger partial charge in [-0.25, -0.2) is 8.42 Å². The number of rotatable bonds is 9. The minimum absolute atomic E-state index is 0.0275. The Morgan fingerprint density at radius 2 is 2.00 bits per heavy atom. The molecule has 0 saturated carbocycles. The van der Waals surface area contributed by atoms with E-state index in [1.807, 2.05) is 6.92 Å². The van der Waals surface area contributed by atoms with E-state index < -0.39 is 40.1 Å². The Bertz CT molecular complexity index is 1220. The smallest absolute Gasteiger partial charge is 0.323 e. The minimum Gasteiger partial charge on any atom is -0.480 e. The van der Waals surface area contributed by atoms with E-state index in [2.05, 4.69) is 36.1 Å². The van der Waals surface area contributed by atoms with Crippen molar-refractivity contribution in [3.8, 4) is 0 Å². The van der Waals surface area contributed by atoms with Gasteiger partial charge < -0.3 is 31.2 Å². The summed E-state index contributed by atoms with van der Waals surface area (Å²) in [5.74, 6) is -1.25. The first-order valence-corrected chi connectivity index (χ1v) is 13.6. The van der Waals surface area contributed by atoms with Crippen molar-refractivity contribution in [3.63, 3.8) is 0 Å². The van der Waals surface area contributed by atoms with Gasteiger partial charge in [-0.15, -0.1) is 0 Å². The molecule has 0 aliphatic carbocycles. The van der Waals surface area contributed by atoms with E-state index in [-0.39, 0.29) is 23.1 Å². The molecule has 37 heavy (non-hydrogen) atoms. The molecule has 0 radical (unpaired) electrons. The lowest BCUT2D eigenvalue weighted by Gasteiger charge is -2.20. The summed E-state index contributed by atoms with van der Waals surface area (Å²) in [4.78, 5) is 34.5. The van der Waals surface area contributed by atoms with E-state index in [9.17, 15) is 23.1 Å². The molecular weight excluding hydrogens is 502 g/mol. The van der Waals surface area contributed by atoms with Crippen LogP contribution in [0.15, 0.2) is 27.2 Å². The van der Waals surface area contributed by atoms with Crippen LogP contribution in [0.25, 0.3) is 0 Å². The third kappa shape index (κ3) is 6.19. The highest BCUT2D eigenvalue weighted by Crippen LogP contribution is 2.32. The molecular formula is C23H33N7O6S. The van der Waals surface area contributed by atoms with Gasteiger partial charge in [-0.1, -0.05) is 22.9 Å². The number of aliphatic imine (C=N–C) groups is 1. The van der Waals surface area contributed by atoms with Gasteiger partial charge in [-0.3, -0.25) is 14.6 Å². The highest BCUT2D eigenvalue weighted by Gasteiger charge is 2.47. The van der Waals surface area contributed by atoms with Crippen LogP contribution in [0.3, 0.4) is 0 Å². The molecule has 6 N–H and O–H groups in total. The third-order valence-electron chi connectivity index (χ3n) is 6.56. The summed E-state index contributed by atoms with van der Waals surface area (Å²) in [6.07, 6.45) is 0.882. The highest BCUT2D eigenvalue weighted by atomic mass is 32.2. The molecule has 3 heterocycles.